The highest BCUT2D eigenvalue weighted by Gasteiger charge is 2.41. The Morgan fingerprint density at radius 2 is 1.67 bits per heavy atom. The maximum absolute atomic E-state index is 12.9. The zero-order chi connectivity index (χ0) is 20.3. The standard InChI is InChI=1S/C26H26N2O2/c29-26(30-18-20-9-5-2-6-10-20)28-14-13-21-15-25(28)24-16-22(11-12-23(21)24)27-17-19-7-3-1-4-8-19/h1-12,16,21,25,27H,13-15,17-18H2/t21-,25+/m1/s1. The van der Waals surface area contributed by atoms with E-state index in [1.165, 1.54) is 16.7 Å². The Morgan fingerprint density at radius 1 is 0.933 bits per heavy atom. The second kappa shape index (κ2) is 8.23. The van der Waals surface area contributed by atoms with Crippen molar-refractivity contribution in [2.45, 2.75) is 38.0 Å². The molecule has 152 valence electrons. The molecule has 4 heteroatoms. The summed E-state index contributed by atoms with van der Waals surface area (Å²) in [4.78, 5) is 14.8. The molecule has 4 nitrogen and oxygen atoms in total. The number of hydrogen-bond acceptors (Lipinski definition) is 3. The lowest BCUT2D eigenvalue weighted by Gasteiger charge is -2.33. The van der Waals surface area contributed by atoms with Crippen LogP contribution in [0.4, 0.5) is 10.5 Å². The molecule has 30 heavy (non-hydrogen) atoms. The second-order valence-corrected chi connectivity index (χ2v) is 8.15. The molecular formula is C26H26N2O2. The summed E-state index contributed by atoms with van der Waals surface area (Å²) in [6.07, 6.45) is 1.79. The first-order valence-electron chi connectivity index (χ1n) is 10.7. The van der Waals surface area contributed by atoms with Crippen molar-refractivity contribution >= 4 is 11.8 Å². The lowest BCUT2D eigenvalue weighted by Crippen LogP contribution is -2.37. The van der Waals surface area contributed by atoms with E-state index in [9.17, 15) is 4.79 Å². The van der Waals surface area contributed by atoms with Gasteiger partial charge in [0.1, 0.15) is 6.61 Å². The van der Waals surface area contributed by atoms with Crippen molar-refractivity contribution in [3.63, 3.8) is 0 Å². The summed E-state index contributed by atoms with van der Waals surface area (Å²) in [5, 5.41) is 3.53. The first-order chi connectivity index (χ1) is 14.8. The van der Waals surface area contributed by atoms with Gasteiger partial charge in [0.05, 0.1) is 6.04 Å². The van der Waals surface area contributed by atoms with E-state index in [2.05, 4.69) is 47.8 Å². The van der Waals surface area contributed by atoms with E-state index < -0.39 is 0 Å². The molecule has 0 unspecified atom stereocenters. The average molecular weight is 399 g/mol. The minimum atomic E-state index is -0.210. The number of nitrogens with zero attached hydrogens (tertiary/aromatic N) is 1. The topological polar surface area (TPSA) is 41.6 Å². The lowest BCUT2D eigenvalue weighted by atomic mass is 9.96. The van der Waals surface area contributed by atoms with E-state index in [-0.39, 0.29) is 12.1 Å². The Hall–Kier alpha value is -3.27. The number of carbonyl (C=O) groups is 1. The van der Waals surface area contributed by atoms with Crippen LogP contribution in [-0.2, 0) is 17.9 Å². The van der Waals surface area contributed by atoms with Crippen LogP contribution < -0.4 is 5.32 Å². The predicted octanol–water partition coefficient (Wildman–Crippen LogP) is 5.87. The second-order valence-electron chi connectivity index (χ2n) is 8.15. The van der Waals surface area contributed by atoms with Crippen molar-refractivity contribution in [1.82, 2.24) is 4.90 Å². The van der Waals surface area contributed by atoms with Crippen molar-refractivity contribution in [3.05, 3.63) is 101 Å². The maximum atomic E-state index is 12.9. The summed E-state index contributed by atoms with van der Waals surface area (Å²) in [6, 6.07) is 27.0. The Kier molecular flexibility index (Phi) is 5.14. The Labute approximate surface area is 177 Å². The zero-order valence-electron chi connectivity index (χ0n) is 17.0. The van der Waals surface area contributed by atoms with Crippen LogP contribution in [0.15, 0.2) is 78.9 Å². The number of amides is 1. The number of carbonyl (C=O) groups excluding carboxylic acids is 1. The predicted molar refractivity (Wildman–Crippen MR) is 118 cm³/mol. The maximum Gasteiger partial charge on any atom is 0.410 e. The van der Waals surface area contributed by atoms with Gasteiger partial charge in [-0.1, -0.05) is 66.7 Å². The van der Waals surface area contributed by atoms with E-state index in [1.807, 2.05) is 41.3 Å². The number of piperidine rings is 1. The number of likely N-dealkylation sites (tertiary alicyclic amines) is 1. The molecule has 1 heterocycles. The highest BCUT2D eigenvalue weighted by atomic mass is 16.6. The number of hydrogen-bond donors (Lipinski definition) is 1. The molecule has 3 aromatic rings. The van der Waals surface area contributed by atoms with Crippen molar-refractivity contribution in [2.24, 2.45) is 0 Å². The molecule has 1 saturated heterocycles. The number of fused-ring (bicyclic) bond motifs is 5. The minimum Gasteiger partial charge on any atom is -0.445 e. The molecule has 0 spiro atoms. The molecule has 1 amide bonds. The van der Waals surface area contributed by atoms with E-state index in [0.717, 1.165) is 37.2 Å². The third-order valence-electron chi connectivity index (χ3n) is 6.27. The van der Waals surface area contributed by atoms with Crippen LogP contribution in [0.5, 0.6) is 0 Å². The lowest BCUT2D eigenvalue weighted by molar-refractivity contribution is 0.0694. The van der Waals surface area contributed by atoms with Crippen LogP contribution in [0.1, 0.15) is 47.1 Å². The third-order valence-corrected chi connectivity index (χ3v) is 6.27. The van der Waals surface area contributed by atoms with Crippen molar-refractivity contribution in [3.8, 4) is 0 Å². The molecule has 1 fully saturated rings. The molecule has 1 aliphatic heterocycles. The number of anilines is 1. The third kappa shape index (κ3) is 3.78. The van der Waals surface area contributed by atoms with Crippen LogP contribution in [0, 0.1) is 0 Å². The van der Waals surface area contributed by atoms with Crippen LogP contribution in [0.2, 0.25) is 0 Å². The van der Waals surface area contributed by atoms with Gasteiger partial charge in [0, 0.05) is 18.8 Å². The van der Waals surface area contributed by atoms with Gasteiger partial charge in [-0.05, 0) is 53.1 Å². The molecule has 0 aromatic heterocycles. The first kappa shape index (κ1) is 18.7. The minimum absolute atomic E-state index is 0.112. The van der Waals surface area contributed by atoms with Crippen LogP contribution in [0.25, 0.3) is 0 Å². The number of rotatable bonds is 5. The van der Waals surface area contributed by atoms with Crippen LogP contribution in [0.3, 0.4) is 0 Å². The van der Waals surface area contributed by atoms with Gasteiger partial charge in [-0.25, -0.2) is 4.79 Å². The molecule has 1 N–H and O–H groups in total. The molecule has 0 radical (unpaired) electrons. The van der Waals surface area contributed by atoms with E-state index in [4.69, 9.17) is 4.74 Å². The van der Waals surface area contributed by atoms with Gasteiger partial charge in [-0.15, -0.1) is 0 Å². The molecule has 1 aliphatic carbocycles. The van der Waals surface area contributed by atoms with Gasteiger partial charge >= 0.3 is 6.09 Å². The Morgan fingerprint density at radius 3 is 2.43 bits per heavy atom. The number of benzene rings is 3. The SMILES string of the molecule is O=C(OCc1ccccc1)N1CC[C@@H]2C[C@H]1c1cc(NCc3ccccc3)ccc12. The zero-order valence-corrected chi connectivity index (χ0v) is 17.0. The molecule has 3 aromatic carbocycles. The Bertz CT molecular complexity index is 1020. The fourth-order valence-corrected chi connectivity index (χ4v) is 4.71. The van der Waals surface area contributed by atoms with Crippen molar-refractivity contribution in [1.29, 1.82) is 0 Å². The number of nitrogens with one attached hydrogen (secondary N) is 1. The Balaban J connectivity index is 1.29. The van der Waals surface area contributed by atoms with E-state index >= 15 is 0 Å². The highest BCUT2D eigenvalue weighted by Crippen LogP contribution is 2.49. The van der Waals surface area contributed by atoms with Gasteiger partial charge in [0.25, 0.3) is 0 Å². The normalized spacial score (nSPS) is 19.3. The van der Waals surface area contributed by atoms with E-state index in [0.29, 0.717) is 12.5 Å². The smallest absolute Gasteiger partial charge is 0.410 e. The summed E-state index contributed by atoms with van der Waals surface area (Å²) >= 11 is 0. The fourth-order valence-electron chi connectivity index (χ4n) is 4.71. The van der Waals surface area contributed by atoms with Gasteiger partial charge in [-0.3, -0.25) is 0 Å². The fraction of sp³-hybridized carbons (Fsp3) is 0.269. The molecule has 0 saturated carbocycles. The number of ether oxygens (including phenoxy) is 1. The summed E-state index contributed by atoms with van der Waals surface area (Å²) < 4.78 is 5.64. The summed E-state index contributed by atoms with van der Waals surface area (Å²) in [7, 11) is 0. The van der Waals surface area contributed by atoms with Gasteiger partial charge in [-0.2, -0.15) is 0 Å². The molecule has 2 bridgehead atoms. The van der Waals surface area contributed by atoms with Crippen molar-refractivity contribution < 1.29 is 9.53 Å². The van der Waals surface area contributed by atoms with Crippen molar-refractivity contribution in [2.75, 3.05) is 11.9 Å². The average Bonchev–Trinajstić information content (AvgIpc) is 3.09. The highest BCUT2D eigenvalue weighted by molar-refractivity contribution is 5.70. The summed E-state index contributed by atoms with van der Waals surface area (Å²) in [6.45, 7) is 1.86. The summed E-state index contributed by atoms with van der Waals surface area (Å²) in [5.74, 6) is 0.548. The summed E-state index contributed by atoms with van der Waals surface area (Å²) in [5.41, 5.74) is 6.03. The van der Waals surface area contributed by atoms with Crippen LogP contribution >= 0.6 is 0 Å². The van der Waals surface area contributed by atoms with Gasteiger partial charge in [0.15, 0.2) is 0 Å². The first-order valence-corrected chi connectivity index (χ1v) is 10.7. The molecule has 2 atom stereocenters. The monoisotopic (exact) mass is 398 g/mol. The van der Waals surface area contributed by atoms with Gasteiger partial charge in [0.2, 0.25) is 0 Å². The van der Waals surface area contributed by atoms with Crippen LogP contribution in [-0.4, -0.2) is 17.5 Å². The van der Waals surface area contributed by atoms with E-state index in [1.54, 1.807) is 0 Å². The quantitative estimate of drug-likeness (QED) is 0.584. The molecule has 5 rings (SSSR count). The molecular weight excluding hydrogens is 372 g/mol. The molecule has 2 aliphatic rings. The van der Waals surface area contributed by atoms with Gasteiger partial charge < -0.3 is 15.0 Å². The largest absolute Gasteiger partial charge is 0.445 e.